The molecule has 0 spiro atoms. The van der Waals surface area contributed by atoms with Gasteiger partial charge in [0.05, 0.1) is 29.1 Å². The van der Waals surface area contributed by atoms with E-state index in [1.807, 2.05) is 43.5 Å². The van der Waals surface area contributed by atoms with Gasteiger partial charge in [-0.1, -0.05) is 12.1 Å². The van der Waals surface area contributed by atoms with Crippen LogP contribution in [0, 0.1) is 0 Å². The Morgan fingerprint density at radius 3 is 2.33 bits per heavy atom. The van der Waals surface area contributed by atoms with Crippen molar-refractivity contribution in [2.45, 2.75) is 13.3 Å². The Balaban J connectivity index is 1.22. The number of imide groups is 1. The van der Waals surface area contributed by atoms with Crippen molar-refractivity contribution in [3.8, 4) is 11.4 Å². The molecule has 1 aliphatic rings. The number of fused-ring (bicyclic) bond motifs is 1. The molecule has 1 N–H and O–H groups in total. The van der Waals surface area contributed by atoms with E-state index in [9.17, 15) is 14.4 Å². The molecular formula is C28H24N4O4. The molecule has 3 amide bonds. The monoisotopic (exact) mass is 480 g/mol. The van der Waals surface area contributed by atoms with E-state index in [4.69, 9.17) is 4.74 Å². The Bertz CT molecular complexity index is 1410. The highest BCUT2D eigenvalue weighted by Crippen LogP contribution is 2.30. The molecule has 180 valence electrons. The van der Waals surface area contributed by atoms with E-state index >= 15 is 0 Å². The minimum atomic E-state index is -0.453. The fraction of sp³-hybridized carbons (Fsp3) is 0.143. The van der Waals surface area contributed by atoms with E-state index in [0.717, 1.165) is 16.2 Å². The van der Waals surface area contributed by atoms with Crippen LogP contribution in [0.4, 0.5) is 5.69 Å². The summed E-state index contributed by atoms with van der Waals surface area (Å²) in [6.45, 7) is 2.84. The summed E-state index contributed by atoms with van der Waals surface area (Å²) in [4.78, 5) is 39.8. The van der Waals surface area contributed by atoms with E-state index in [0.29, 0.717) is 36.6 Å². The molecule has 0 aliphatic carbocycles. The first-order chi connectivity index (χ1) is 17.5. The summed E-state index contributed by atoms with van der Waals surface area (Å²) in [7, 11) is 0. The van der Waals surface area contributed by atoms with Gasteiger partial charge in [-0.2, -0.15) is 5.10 Å². The van der Waals surface area contributed by atoms with Crippen LogP contribution in [-0.2, 0) is 6.42 Å². The van der Waals surface area contributed by atoms with Gasteiger partial charge in [0.1, 0.15) is 5.75 Å². The molecular weight excluding hydrogens is 456 g/mol. The minimum absolute atomic E-state index is 0.218. The number of hydrogen-bond acceptors (Lipinski definition) is 5. The van der Waals surface area contributed by atoms with Crippen molar-refractivity contribution in [2.24, 2.45) is 0 Å². The SMILES string of the molecule is CCOc1ccc(N2C(=O)c3ccc(C(=O)NCCc4ccc(-n5cccn5)cc4)cc3C2=O)cc1. The van der Waals surface area contributed by atoms with Crippen LogP contribution in [0.25, 0.3) is 5.69 Å². The van der Waals surface area contributed by atoms with Gasteiger partial charge in [0.2, 0.25) is 0 Å². The minimum Gasteiger partial charge on any atom is -0.494 e. The third kappa shape index (κ3) is 4.48. The van der Waals surface area contributed by atoms with Crippen molar-refractivity contribution in [3.05, 3.63) is 107 Å². The van der Waals surface area contributed by atoms with E-state index in [1.54, 1.807) is 41.2 Å². The first-order valence-corrected chi connectivity index (χ1v) is 11.7. The van der Waals surface area contributed by atoms with Crippen LogP contribution in [0.1, 0.15) is 43.6 Å². The number of carbonyl (C=O) groups excluding carboxylic acids is 3. The molecule has 1 aromatic heterocycles. The molecule has 8 heteroatoms. The molecule has 0 fully saturated rings. The highest BCUT2D eigenvalue weighted by Gasteiger charge is 2.37. The molecule has 8 nitrogen and oxygen atoms in total. The number of nitrogens with one attached hydrogen (secondary N) is 1. The van der Waals surface area contributed by atoms with Crippen molar-refractivity contribution in [1.82, 2.24) is 15.1 Å². The van der Waals surface area contributed by atoms with Crippen molar-refractivity contribution in [1.29, 1.82) is 0 Å². The maximum absolute atomic E-state index is 13.0. The normalized spacial score (nSPS) is 12.5. The lowest BCUT2D eigenvalue weighted by molar-refractivity contribution is 0.0923. The number of aromatic nitrogens is 2. The van der Waals surface area contributed by atoms with Crippen LogP contribution in [0.3, 0.4) is 0 Å². The summed E-state index contributed by atoms with van der Waals surface area (Å²) in [5.74, 6) is -0.507. The Morgan fingerprint density at radius 2 is 1.64 bits per heavy atom. The molecule has 3 aromatic carbocycles. The summed E-state index contributed by atoms with van der Waals surface area (Å²) < 4.78 is 7.21. The summed E-state index contributed by atoms with van der Waals surface area (Å²) in [5.41, 5.74) is 3.32. The first-order valence-electron chi connectivity index (χ1n) is 11.7. The number of rotatable bonds is 8. The van der Waals surface area contributed by atoms with Crippen LogP contribution >= 0.6 is 0 Å². The number of carbonyl (C=O) groups is 3. The van der Waals surface area contributed by atoms with Crippen LogP contribution < -0.4 is 15.0 Å². The van der Waals surface area contributed by atoms with E-state index in [2.05, 4.69) is 10.4 Å². The fourth-order valence-corrected chi connectivity index (χ4v) is 4.13. The predicted octanol–water partition coefficient (Wildman–Crippen LogP) is 4.04. The fourth-order valence-electron chi connectivity index (χ4n) is 4.13. The number of hydrogen-bond donors (Lipinski definition) is 1. The lowest BCUT2D eigenvalue weighted by atomic mass is 10.1. The summed E-state index contributed by atoms with van der Waals surface area (Å²) in [6.07, 6.45) is 4.25. The molecule has 4 aromatic rings. The molecule has 1 aliphatic heterocycles. The van der Waals surface area contributed by atoms with Gasteiger partial charge in [-0.3, -0.25) is 14.4 Å². The zero-order chi connectivity index (χ0) is 25.1. The second-order valence-electron chi connectivity index (χ2n) is 8.26. The van der Waals surface area contributed by atoms with E-state index in [-0.39, 0.29) is 17.0 Å². The molecule has 36 heavy (non-hydrogen) atoms. The van der Waals surface area contributed by atoms with E-state index < -0.39 is 11.8 Å². The van der Waals surface area contributed by atoms with Gasteiger partial charge in [-0.25, -0.2) is 9.58 Å². The molecule has 0 radical (unpaired) electrons. The van der Waals surface area contributed by atoms with Gasteiger partial charge in [-0.15, -0.1) is 0 Å². The zero-order valence-electron chi connectivity index (χ0n) is 19.7. The van der Waals surface area contributed by atoms with Crippen LogP contribution in [-0.4, -0.2) is 40.7 Å². The Labute approximate surface area is 208 Å². The van der Waals surface area contributed by atoms with Crippen molar-refractivity contribution < 1.29 is 19.1 Å². The molecule has 0 bridgehead atoms. The molecule has 0 saturated carbocycles. The maximum atomic E-state index is 13.0. The highest BCUT2D eigenvalue weighted by atomic mass is 16.5. The third-order valence-corrected chi connectivity index (χ3v) is 5.96. The maximum Gasteiger partial charge on any atom is 0.266 e. The van der Waals surface area contributed by atoms with Crippen molar-refractivity contribution >= 4 is 23.4 Å². The van der Waals surface area contributed by atoms with Crippen molar-refractivity contribution in [2.75, 3.05) is 18.1 Å². The number of ether oxygens (including phenoxy) is 1. The lowest BCUT2D eigenvalue weighted by Gasteiger charge is -2.14. The predicted molar refractivity (Wildman–Crippen MR) is 135 cm³/mol. The standard InChI is InChI=1S/C28H24N4O4/c1-2-36-23-11-9-22(10-12-23)32-27(34)24-13-6-20(18-25(24)28(32)35)26(33)29-16-14-19-4-7-21(8-5-19)31-17-3-15-30-31/h3-13,15,17-18H,2,14,16H2,1H3,(H,29,33). The van der Waals surface area contributed by atoms with Gasteiger partial charge in [0, 0.05) is 24.5 Å². The molecule has 0 saturated heterocycles. The summed E-state index contributed by atoms with van der Waals surface area (Å²) >= 11 is 0. The number of benzene rings is 3. The summed E-state index contributed by atoms with van der Waals surface area (Å²) in [5, 5.41) is 7.10. The summed E-state index contributed by atoms with van der Waals surface area (Å²) in [6, 6.07) is 21.2. The largest absolute Gasteiger partial charge is 0.494 e. The van der Waals surface area contributed by atoms with Gasteiger partial charge >= 0.3 is 0 Å². The second kappa shape index (κ2) is 9.87. The van der Waals surface area contributed by atoms with Gasteiger partial charge in [0.25, 0.3) is 17.7 Å². The van der Waals surface area contributed by atoms with Crippen LogP contribution in [0.15, 0.2) is 85.2 Å². The van der Waals surface area contributed by atoms with Gasteiger partial charge < -0.3 is 10.1 Å². The average molecular weight is 481 g/mol. The van der Waals surface area contributed by atoms with Crippen LogP contribution in [0.5, 0.6) is 5.75 Å². The highest BCUT2D eigenvalue weighted by molar-refractivity contribution is 6.34. The Kier molecular flexibility index (Phi) is 6.32. The third-order valence-electron chi connectivity index (χ3n) is 5.96. The lowest BCUT2D eigenvalue weighted by Crippen LogP contribution is -2.29. The quantitative estimate of drug-likeness (QED) is 0.384. The average Bonchev–Trinajstić information content (AvgIpc) is 3.52. The number of amides is 3. The van der Waals surface area contributed by atoms with Crippen molar-refractivity contribution in [3.63, 3.8) is 0 Å². The first kappa shape index (κ1) is 23.0. The zero-order valence-corrected chi connectivity index (χ0v) is 19.7. The molecule has 0 unspecified atom stereocenters. The van der Waals surface area contributed by atoms with Gasteiger partial charge in [-0.05, 0) is 79.6 Å². The Hall–Kier alpha value is -4.72. The number of anilines is 1. The van der Waals surface area contributed by atoms with E-state index in [1.165, 1.54) is 12.1 Å². The van der Waals surface area contributed by atoms with Gasteiger partial charge in [0.15, 0.2) is 0 Å². The molecule has 2 heterocycles. The molecule has 5 rings (SSSR count). The second-order valence-corrected chi connectivity index (χ2v) is 8.26. The van der Waals surface area contributed by atoms with Crippen LogP contribution in [0.2, 0.25) is 0 Å². The topological polar surface area (TPSA) is 93.5 Å². The Morgan fingerprint density at radius 1 is 0.917 bits per heavy atom. The molecule has 0 atom stereocenters. The number of nitrogens with zero attached hydrogens (tertiary/aromatic N) is 3. The smallest absolute Gasteiger partial charge is 0.266 e.